The average Bonchev–Trinajstić information content (AvgIpc) is 3.22. The first-order valence-corrected chi connectivity index (χ1v) is 19.1. The van der Waals surface area contributed by atoms with Gasteiger partial charge in [-0.25, -0.2) is 9.97 Å². The van der Waals surface area contributed by atoms with E-state index < -0.39 is 109 Å². The molecule has 1 aromatic carbocycles. The normalized spacial score (nSPS) is 12.0. The molecule has 2 aromatic heterocycles. The van der Waals surface area contributed by atoms with Crippen LogP contribution in [0.5, 0.6) is 0 Å². The fraction of sp³-hybridized carbons (Fsp3) is 0.389. The Balaban J connectivity index is 1.52. The first-order chi connectivity index (χ1) is 30.3. The van der Waals surface area contributed by atoms with Gasteiger partial charge in [-0.15, -0.1) is 0 Å². The van der Waals surface area contributed by atoms with Crippen molar-refractivity contribution in [1.82, 2.24) is 57.2 Å². The third-order valence-electron chi connectivity index (χ3n) is 8.49. The van der Waals surface area contributed by atoms with Crippen molar-refractivity contribution in [1.29, 1.82) is 5.41 Å². The van der Waals surface area contributed by atoms with Gasteiger partial charge in [0.2, 0.25) is 35.5 Å². The molecule has 1 unspecified atom stereocenters. The molecule has 0 aliphatic rings. The second-order valence-electron chi connectivity index (χ2n) is 13.6. The van der Waals surface area contributed by atoms with Gasteiger partial charge in [-0.1, -0.05) is 0 Å². The lowest BCUT2D eigenvalue weighted by molar-refractivity contribution is -0.142. The Morgan fingerprint density at radius 1 is 0.719 bits per heavy atom. The van der Waals surface area contributed by atoms with Crippen LogP contribution in [0.15, 0.2) is 35.3 Å². The molecule has 17 N–H and O–H groups in total. The van der Waals surface area contributed by atoms with Crippen LogP contribution in [-0.4, -0.2) is 139 Å². The van der Waals surface area contributed by atoms with Gasteiger partial charge in [0.05, 0.1) is 37.8 Å². The van der Waals surface area contributed by atoms with Crippen LogP contribution < -0.4 is 59.6 Å². The summed E-state index contributed by atoms with van der Waals surface area (Å²) in [6.45, 7) is -1.47. The topological polar surface area (TPSA) is 458 Å². The van der Waals surface area contributed by atoms with E-state index in [9.17, 15) is 53.1 Å². The second-order valence-corrected chi connectivity index (χ2v) is 13.6. The number of aromatic amines is 1. The Kier molecular flexibility index (Phi) is 19.3. The molecular formula is C36H47N15O13. The number of anilines is 2. The lowest BCUT2D eigenvalue weighted by Gasteiger charge is -2.23. The highest BCUT2D eigenvalue weighted by Gasteiger charge is 2.29. The molecule has 3 atom stereocenters. The van der Waals surface area contributed by atoms with E-state index in [-0.39, 0.29) is 68.0 Å². The minimum Gasteiger partial charge on any atom is -0.481 e. The van der Waals surface area contributed by atoms with Crippen LogP contribution in [-0.2, 0) is 44.9 Å². The minimum absolute atomic E-state index is 0.0104. The largest absolute Gasteiger partial charge is 0.481 e. The number of hydrogen-bond donors (Lipinski definition) is 15. The van der Waals surface area contributed by atoms with E-state index >= 15 is 0 Å². The number of rotatable bonds is 26. The van der Waals surface area contributed by atoms with Crippen LogP contribution in [0.4, 0.5) is 11.6 Å². The van der Waals surface area contributed by atoms with Crippen LogP contribution in [0, 0.1) is 5.41 Å². The fourth-order valence-electron chi connectivity index (χ4n) is 5.47. The number of aliphatic carboxylic acids is 3. The number of carbonyl (C=O) groups excluding carboxylic acids is 6. The van der Waals surface area contributed by atoms with Crippen molar-refractivity contribution >= 4 is 82.1 Å². The maximum Gasteiger partial charge on any atom is 0.322 e. The SMILES string of the molecule is N=C(N)NCCC[C@H](NC(=O)C(CC(=O)O)NC(=O)CCCNC(=O)c1ccc(NCc2cnc3nc(N)[nH]c(=O)c3n2)cc1)C(=O)NCC(=O)N[C@@H](CC(=O)O)C(=O)NCC(=O)O. The summed E-state index contributed by atoms with van der Waals surface area (Å²) in [4.78, 5) is 137. The monoisotopic (exact) mass is 897 g/mol. The van der Waals surface area contributed by atoms with Gasteiger partial charge in [0.25, 0.3) is 11.5 Å². The van der Waals surface area contributed by atoms with Gasteiger partial charge in [0.15, 0.2) is 17.1 Å². The molecular weight excluding hydrogens is 850 g/mol. The predicted molar refractivity (Wildman–Crippen MR) is 221 cm³/mol. The third kappa shape index (κ3) is 17.6. The zero-order chi connectivity index (χ0) is 47.3. The summed E-state index contributed by atoms with van der Waals surface area (Å²) < 4.78 is 0. The lowest BCUT2D eigenvalue weighted by Crippen LogP contribution is -2.56. The summed E-state index contributed by atoms with van der Waals surface area (Å²) in [6, 6.07) is 1.47. The van der Waals surface area contributed by atoms with E-state index in [0.29, 0.717) is 11.4 Å². The van der Waals surface area contributed by atoms with Crippen LogP contribution in [0.2, 0.25) is 0 Å². The first-order valence-electron chi connectivity index (χ1n) is 19.1. The number of amides is 6. The minimum atomic E-state index is -1.71. The van der Waals surface area contributed by atoms with Gasteiger partial charge >= 0.3 is 17.9 Å². The van der Waals surface area contributed by atoms with E-state index in [1.54, 1.807) is 12.1 Å². The van der Waals surface area contributed by atoms with Crippen molar-refractivity contribution in [3.63, 3.8) is 0 Å². The maximum atomic E-state index is 13.3. The van der Waals surface area contributed by atoms with Gasteiger partial charge in [0.1, 0.15) is 24.7 Å². The molecule has 64 heavy (non-hydrogen) atoms. The predicted octanol–water partition coefficient (Wildman–Crippen LogP) is -4.60. The van der Waals surface area contributed by atoms with Crippen molar-refractivity contribution in [2.45, 2.75) is 63.2 Å². The van der Waals surface area contributed by atoms with E-state index in [0.717, 1.165) is 0 Å². The number of nitrogens with zero attached hydrogens (tertiary/aromatic N) is 3. The summed E-state index contributed by atoms with van der Waals surface area (Å²) in [6.07, 6.45) is -0.656. The molecule has 0 aliphatic heterocycles. The molecule has 28 heteroatoms. The quantitative estimate of drug-likeness (QED) is 0.0205. The molecule has 0 saturated carbocycles. The molecule has 3 aromatic rings. The van der Waals surface area contributed by atoms with Gasteiger partial charge in [-0.05, 0) is 43.5 Å². The first kappa shape index (κ1) is 49.9. The molecule has 0 saturated heterocycles. The van der Waals surface area contributed by atoms with Crippen LogP contribution >= 0.6 is 0 Å². The number of carbonyl (C=O) groups is 9. The molecule has 344 valence electrons. The second kappa shape index (κ2) is 24.7. The number of aromatic nitrogens is 4. The number of carboxylic acids is 3. The summed E-state index contributed by atoms with van der Waals surface area (Å²) in [5.41, 5.74) is 11.7. The summed E-state index contributed by atoms with van der Waals surface area (Å²) in [5.74, 6) is -10.4. The molecule has 3 rings (SSSR count). The molecule has 0 radical (unpaired) electrons. The highest BCUT2D eigenvalue weighted by Crippen LogP contribution is 2.12. The van der Waals surface area contributed by atoms with E-state index in [1.165, 1.54) is 18.3 Å². The number of nitrogens with one attached hydrogen (secondary N) is 10. The van der Waals surface area contributed by atoms with Gasteiger partial charge in [0, 0.05) is 30.8 Å². The van der Waals surface area contributed by atoms with Gasteiger partial charge < -0.3 is 69.3 Å². The van der Waals surface area contributed by atoms with Crippen molar-refractivity contribution in [3.8, 4) is 0 Å². The molecule has 0 spiro atoms. The number of H-pyrrole nitrogens is 1. The van der Waals surface area contributed by atoms with Crippen molar-refractivity contribution in [3.05, 3.63) is 52.1 Å². The summed E-state index contributed by atoms with van der Waals surface area (Å²) >= 11 is 0. The Bertz CT molecular complexity index is 2290. The molecule has 6 amide bonds. The fourth-order valence-corrected chi connectivity index (χ4v) is 5.47. The van der Waals surface area contributed by atoms with E-state index in [4.69, 9.17) is 27.1 Å². The number of nitrogens with two attached hydrogens (primary N) is 2. The molecule has 0 bridgehead atoms. The number of nitrogen functional groups attached to an aromatic ring is 1. The number of hydrogen-bond acceptors (Lipinski definition) is 16. The van der Waals surface area contributed by atoms with E-state index in [2.05, 4.69) is 57.2 Å². The number of carboxylic acid groups (broad SMARTS) is 3. The van der Waals surface area contributed by atoms with Crippen molar-refractivity contribution in [2.75, 3.05) is 37.2 Å². The molecule has 0 fully saturated rings. The summed E-state index contributed by atoms with van der Waals surface area (Å²) in [5, 5.41) is 53.6. The smallest absolute Gasteiger partial charge is 0.322 e. The Morgan fingerprint density at radius 3 is 1.97 bits per heavy atom. The lowest BCUT2D eigenvalue weighted by atomic mass is 10.1. The Hall–Kier alpha value is -8.46. The molecule has 0 aliphatic carbocycles. The Labute approximate surface area is 361 Å². The zero-order valence-corrected chi connectivity index (χ0v) is 33.8. The zero-order valence-electron chi connectivity index (χ0n) is 33.8. The van der Waals surface area contributed by atoms with Crippen LogP contribution in [0.25, 0.3) is 11.2 Å². The number of benzene rings is 1. The van der Waals surface area contributed by atoms with Crippen LogP contribution in [0.3, 0.4) is 0 Å². The van der Waals surface area contributed by atoms with Gasteiger partial charge in [-0.3, -0.25) is 58.3 Å². The number of fused-ring (bicyclic) bond motifs is 1. The van der Waals surface area contributed by atoms with Crippen LogP contribution in [0.1, 0.15) is 54.6 Å². The van der Waals surface area contributed by atoms with Crippen molar-refractivity contribution < 1.29 is 58.5 Å². The molecule has 2 heterocycles. The average molecular weight is 898 g/mol. The summed E-state index contributed by atoms with van der Waals surface area (Å²) in [7, 11) is 0. The maximum absolute atomic E-state index is 13.3. The highest BCUT2D eigenvalue weighted by atomic mass is 16.4. The van der Waals surface area contributed by atoms with Gasteiger partial charge in [-0.2, -0.15) is 4.98 Å². The Morgan fingerprint density at radius 2 is 1.33 bits per heavy atom. The molecule has 28 nitrogen and oxygen atoms in total. The third-order valence-corrected chi connectivity index (χ3v) is 8.49. The van der Waals surface area contributed by atoms with E-state index in [1.807, 2.05) is 5.32 Å². The number of guanidine groups is 1. The highest BCUT2D eigenvalue weighted by molar-refractivity contribution is 5.97. The standard InChI is InChI=1S/C36H47N15O13/c37-35(38)41-10-1-3-20(31(61)44-15-24(53)48-21(11-25(54)55)32(62)45-16-27(58)59)49-33(63)22(12-26(56)57)47-23(52)4-2-9-40-30(60)17-5-7-18(8-6-17)42-13-19-14-43-29-28(46-19)34(64)51-36(39)50-29/h5-8,14,20-22,42H,1-4,9-13,15-16H2,(H,40,60)(H,44,61)(H,45,62)(H,47,52)(H,48,53)(H,49,63)(H,54,55)(H,56,57)(H,58,59)(H4,37,38,41)(H3,39,43,50,51,64)/t20-,21-,22?/m0/s1. The van der Waals surface area contributed by atoms with Crippen molar-refractivity contribution in [2.24, 2.45) is 5.73 Å².